The molecule has 1 fully saturated rings. The molecule has 0 saturated carbocycles. The van der Waals surface area contributed by atoms with E-state index in [1.54, 1.807) is 29.2 Å². The van der Waals surface area contributed by atoms with E-state index >= 15 is 0 Å². The summed E-state index contributed by atoms with van der Waals surface area (Å²) in [7, 11) is 3.98. The van der Waals surface area contributed by atoms with E-state index in [1.165, 1.54) is 0 Å². The van der Waals surface area contributed by atoms with Gasteiger partial charge in [-0.2, -0.15) is 5.26 Å². The second kappa shape index (κ2) is 8.51. The molecule has 6 nitrogen and oxygen atoms in total. The van der Waals surface area contributed by atoms with Crippen LogP contribution in [0, 0.1) is 11.3 Å². The summed E-state index contributed by atoms with van der Waals surface area (Å²) in [5.41, 5.74) is 1.27. The van der Waals surface area contributed by atoms with Gasteiger partial charge in [-0.15, -0.1) is 0 Å². The van der Waals surface area contributed by atoms with Crippen molar-refractivity contribution in [1.82, 2.24) is 9.80 Å². The lowest BCUT2D eigenvalue weighted by molar-refractivity contribution is 0.0820. The molecule has 1 aromatic rings. The molecule has 1 aromatic carbocycles. The van der Waals surface area contributed by atoms with Crippen molar-refractivity contribution in [2.24, 2.45) is 0 Å². The number of nitrogens with one attached hydrogen (secondary N) is 1. The van der Waals surface area contributed by atoms with E-state index in [2.05, 4.69) is 16.3 Å². The molecule has 0 bridgehead atoms. The van der Waals surface area contributed by atoms with Gasteiger partial charge in [0.1, 0.15) is 0 Å². The number of rotatable bonds is 6. The van der Waals surface area contributed by atoms with Gasteiger partial charge >= 0.3 is 6.03 Å². The smallest absolute Gasteiger partial charge is 0.321 e. The van der Waals surface area contributed by atoms with Gasteiger partial charge in [0.2, 0.25) is 0 Å². The number of hydrogen-bond donors (Lipinski definition) is 1. The Bertz CT molecular complexity index is 545. The lowest BCUT2D eigenvalue weighted by atomic mass is 10.2. The molecule has 1 unspecified atom stereocenters. The maximum atomic E-state index is 12.5. The Morgan fingerprint density at radius 2 is 2.09 bits per heavy atom. The van der Waals surface area contributed by atoms with E-state index in [0.717, 1.165) is 26.0 Å². The number of amides is 2. The van der Waals surface area contributed by atoms with E-state index in [0.29, 0.717) is 24.3 Å². The second-order valence-electron chi connectivity index (χ2n) is 6.00. The molecule has 1 aliphatic heterocycles. The Hall–Kier alpha value is -2.10. The first-order chi connectivity index (χ1) is 11.1. The molecule has 1 aliphatic rings. The molecule has 23 heavy (non-hydrogen) atoms. The summed E-state index contributed by atoms with van der Waals surface area (Å²) in [5.74, 6) is 0. The van der Waals surface area contributed by atoms with Crippen molar-refractivity contribution in [1.29, 1.82) is 5.26 Å². The van der Waals surface area contributed by atoms with Crippen LogP contribution in [-0.4, -0.2) is 62.3 Å². The van der Waals surface area contributed by atoms with Crippen molar-refractivity contribution in [2.75, 3.05) is 45.7 Å². The van der Waals surface area contributed by atoms with Crippen LogP contribution in [-0.2, 0) is 4.74 Å². The summed E-state index contributed by atoms with van der Waals surface area (Å²) in [6, 6.07) is 8.81. The van der Waals surface area contributed by atoms with Gasteiger partial charge in [-0.1, -0.05) is 0 Å². The fourth-order valence-corrected chi connectivity index (χ4v) is 2.46. The van der Waals surface area contributed by atoms with Crippen molar-refractivity contribution in [3.63, 3.8) is 0 Å². The van der Waals surface area contributed by atoms with Crippen LogP contribution >= 0.6 is 0 Å². The maximum Gasteiger partial charge on any atom is 0.321 e. The number of carbonyl (C=O) groups excluding carboxylic acids is 1. The minimum absolute atomic E-state index is 0.129. The summed E-state index contributed by atoms with van der Waals surface area (Å²) in [6.45, 7) is 2.84. The third kappa shape index (κ3) is 5.55. The Balaban J connectivity index is 1.97. The van der Waals surface area contributed by atoms with Crippen LogP contribution in [0.15, 0.2) is 24.3 Å². The second-order valence-corrected chi connectivity index (χ2v) is 6.00. The maximum absolute atomic E-state index is 12.5. The Kier molecular flexibility index (Phi) is 6.39. The van der Waals surface area contributed by atoms with E-state index in [-0.39, 0.29) is 12.1 Å². The van der Waals surface area contributed by atoms with E-state index in [9.17, 15) is 4.79 Å². The minimum atomic E-state index is -0.132. The SMILES string of the molecule is CN(C)CCN(CC1CCCO1)C(=O)Nc1ccc(C#N)cc1. The molecule has 0 aromatic heterocycles. The summed E-state index contributed by atoms with van der Waals surface area (Å²) in [4.78, 5) is 16.4. The number of carbonyl (C=O) groups is 1. The van der Waals surface area contributed by atoms with Crippen molar-refractivity contribution >= 4 is 11.7 Å². The van der Waals surface area contributed by atoms with Gasteiger partial charge in [0.15, 0.2) is 0 Å². The quantitative estimate of drug-likeness (QED) is 0.873. The number of benzene rings is 1. The molecule has 124 valence electrons. The lowest BCUT2D eigenvalue weighted by Crippen LogP contribution is -2.43. The number of ether oxygens (including phenoxy) is 1. The first kappa shape index (κ1) is 17.3. The zero-order valence-corrected chi connectivity index (χ0v) is 13.8. The normalized spacial score (nSPS) is 17.0. The van der Waals surface area contributed by atoms with Gasteiger partial charge in [0.25, 0.3) is 0 Å². The third-order valence-electron chi connectivity index (χ3n) is 3.82. The molecule has 2 rings (SSSR count). The summed E-state index contributed by atoms with van der Waals surface area (Å²) < 4.78 is 5.65. The minimum Gasteiger partial charge on any atom is -0.376 e. The van der Waals surface area contributed by atoms with Crippen LogP contribution in [0.25, 0.3) is 0 Å². The highest BCUT2D eigenvalue weighted by molar-refractivity contribution is 5.89. The Morgan fingerprint density at radius 3 is 2.65 bits per heavy atom. The van der Waals surface area contributed by atoms with Gasteiger partial charge in [0, 0.05) is 31.9 Å². The Labute approximate surface area is 137 Å². The van der Waals surface area contributed by atoms with Crippen LogP contribution in [0.1, 0.15) is 18.4 Å². The predicted octanol–water partition coefficient (Wildman–Crippen LogP) is 2.13. The highest BCUT2D eigenvalue weighted by atomic mass is 16.5. The monoisotopic (exact) mass is 316 g/mol. The number of nitriles is 1. The summed E-state index contributed by atoms with van der Waals surface area (Å²) in [6.07, 6.45) is 2.19. The fraction of sp³-hybridized carbons (Fsp3) is 0.529. The molecule has 0 radical (unpaired) electrons. The van der Waals surface area contributed by atoms with Gasteiger partial charge in [-0.25, -0.2) is 4.79 Å². The van der Waals surface area contributed by atoms with E-state index < -0.39 is 0 Å². The van der Waals surface area contributed by atoms with Crippen molar-refractivity contribution in [2.45, 2.75) is 18.9 Å². The fourth-order valence-electron chi connectivity index (χ4n) is 2.46. The van der Waals surface area contributed by atoms with Gasteiger partial charge in [-0.3, -0.25) is 0 Å². The third-order valence-corrected chi connectivity index (χ3v) is 3.82. The number of nitrogens with zero attached hydrogens (tertiary/aromatic N) is 3. The number of anilines is 1. The Morgan fingerprint density at radius 1 is 1.35 bits per heavy atom. The molecule has 0 spiro atoms. The first-order valence-electron chi connectivity index (χ1n) is 7.91. The molecule has 0 aliphatic carbocycles. The van der Waals surface area contributed by atoms with Crippen molar-refractivity contribution in [3.8, 4) is 6.07 Å². The van der Waals surface area contributed by atoms with E-state index in [4.69, 9.17) is 10.00 Å². The van der Waals surface area contributed by atoms with Crippen LogP contribution in [0.5, 0.6) is 0 Å². The number of urea groups is 1. The van der Waals surface area contributed by atoms with Crippen molar-refractivity contribution in [3.05, 3.63) is 29.8 Å². The van der Waals surface area contributed by atoms with Gasteiger partial charge in [-0.05, 0) is 51.2 Å². The van der Waals surface area contributed by atoms with Gasteiger partial charge in [0.05, 0.1) is 17.7 Å². The van der Waals surface area contributed by atoms with Crippen LogP contribution in [0.4, 0.5) is 10.5 Å². The zero-order valence-electron chi connectivity index (χ0n) is 13.8. The average molecular weight is 316 g/mol. The lowest BCUT2D eigenvalue weighted by Gasteiger charge is -2.27. The molecular formula is C17H24N4O2. The first-order valence-corrected chi connectivity index (χ1v) is 7.91. The summed E-state index contributed by atoms with van der Waals surface area (Å²) in [5, 5.41) is 11.7. The van der Waals surface area contributed by atoms with Crippen LogP contribution in [0.3, 0.4) is 0 Å². The van der Waals surface area contributed by atoms with E-state index in [1.807, 2.05) is 14.1 Å². The zero-order chi connectivity index (χ0) is 16.7. The molecule has 6 heteroatoms. The molecule has 1 atom stereocenters. The van der Waals surface area contributed by atoms with Crippen molar-refractivity contribution < 1.29 is 9.53 Å². The molecule has 1 heterocycles. The van der Waals surface area contributed by atoms with Gasteiger partial charge < -0.3 is 19.9 Å². The number of likely N-dealkylation sites (N-methyl/N-ethyl adjacent to an activating group) is 1. The molecule has 1 saturated heterocycles. The largest absolute Gasteiger partial charge is 0.376 e. The predicted molar refractivity (Wildman–Crippen MR) is 89.3 cm³/mol. The van der Waals surface area contributed by atoms with Crippen LogP contribution < -0.4 is 5.32 Å². The summed E-state index contributed by atoms with van der Waals surface area (Å²) >= 11 is 0. The highest BCUT2D eigenvalue weighted by Crippen LogP contribution is 2.15. The number of hydrogen-bond acceptors (Lipinski definition) is 4. The standard InChI is InChI=1S/C17H24N4O2/c1-20(2)9-10-21(13-16-4-3-11-23-16)17(22)19-15-7-5-14(12-18)6-8-15/h5-8,16H,3-4,9-11,13H2,1-2H3,(H,19,22). The molecule has 1 N–H and O–H groups in total. The topological polar surface area (TPSA) is 68.6 Å². The molecule has 2 amide bonds. The average Bonchev–Trinajstić information content (AvgIpc) is 3.05. The highest BCUT2D eigenvalue weighted by Gasteiger charge is 2.22. The molecular weight excluding hydrogens is 292 g/mol. The van der Waals surface area contributed by atoms with Crippen LogP contribution in [0.2, 0.25) is 0 Å².